The summed E-state index contributed by atoms with van der Waals surface area (Å²) in [5.41, 5.74) is 6.07. The number of hydrogen-bond acceptors (Lipinski definition) is 5. The Morgan fingerprint density at radius 1 is 1.28 bits per heavy atom. The summed E-state index contributed by atoms with van der Waals surface area (Å²) in [7, 11) is -2.10. The first-order chi connectivity index (χ1) is 11.4. The van der Waals surface area contributed by atoms with E-state index in [4.69, 9.17) is 10.5 Å². The van der Waals surface area contributed by atoms with Crippen molar-refractivity contribution in [3.05, 3.63) is 29.8 Å². The zero-order valence-corrected chi connectivity index (χ0v) is 16.3. The summed E-state index contributed by atoms with van der Waals surface area (Å²) in [6, 6.07) is 5.74. The predicted molar refractivity (Wildman–Crippen MR) is 101 cm³/mol. The summed E-state index contributed by atoms with van der Waals surface area (Å²) in [4.78, 5) is 12.3. The van der Waals surface area contributed by atoms with E-state index in [2.05, 4.69) is 17.0 Å². The van der Waals surface area contributed by atoms with Crippen molar-refractivity contribution in [2.75, 3.05) is 26.8 Å². The quantitative estimate of drug-likeness (QED) is 0.490. The molecule has 1 aromatic rings. The van der Waals surface area contributed by atoms with Crippen LogP contribution < -0.4 is 15.8 Å². The van der Waals surface area contributed by atoms with Crippen LogP contribution in [0, 0.1) is 0 Å². The van der Waals surface area contributed by atoms with Crippen molar-refractivity contribution in [3.8, 4) is 0 Å². The van der Waals surface area contributed by atoms with Gasteiger partial charge < -0.3 is 15.8 Å². The van der Waals surface area contributed by atoms with Gasteiger partial charge in [0.15, 0.2) is 0 Å². The Morgan fingerprint density at radius 2 is 1.92 bits per heavy atom. The van der Waals surface area contributed by atoms with E-state index in [1.807, 2.05) is 0 Å². The van der Waals surface area contributed by atoms with Gasteiger partial charge in [0, 0.05) is 31.8 Å². The molecule has 0 saturated heterocycles. The number of carbonyl (C=O) groups is 1. The van der Waals surface area contributed by atoms with E-state index in [1.54, 1.807) is 0 Å². The van der Waals surface area contributed by atoms with E-state index >= 15 is 0 Å². The zero-order valence-electron chi connectivity index (χ0n) is 14.7. The van der Waals surface area contributed by atoms with E-state index in [0.29, 0.717) is 12.1 Å². The molecule has 4 N–H and O–H groups in total. The molecule has 1 aromatic carbocycles. The minimum atomic E-state index is -3.60. The van der Waals surface area contributed by atoms with Crippen molar-refractivity contribution in [2.45, 2.75) is 37.1 Å². The maximum absolute atomic E-state index is 12.2. The largest absolute Gasteiger partial charge is 0.383 e. The van der Waals surface area contributed by atoms with E-state index in [9.17, 15) is 13.2 Å². The van der Waals surface area contributed by atoms with Gasteiger partial charge in [-0.05, 0) is 30.7 Å². The third-order valence-corrected chi connectivity index (χ3v) is 5.03. The van der Waals surface area contributed by atoms with Crippen LogP contribution in [-0.4, -0.2) is 47.2 Å². The van der Waals surface area contributed by atoms with Gasteiger partial charge in [-0.25, -0.2) is 13.1 Å². The van der Waals surface area contributed by atoms with Gasteiger partial charge in [-0.3, -0.25) is 4.79 Å². The van der Waals surface area contributed by atoms with Crippen molar-refractivity contribution < 1.29 is 17.9 Å². The number of ether oxygens (including phenoxy) is 1. The maximum atomic E-state index is 12.2. The number of nitrogens with two attached hydrogens (primary N) is 1. The highest BCUT2D eigenvalue weighted by atomic mass is 35.5. The molecule has 1 atom stereocenters. The number of hydrogen-bond donors (Lipinski definition) is 3. The predicted octanol–water partition coefficient (Wildman–Crippen LogP) is 1.28. The molecule has 0 bridgehead atoms. The van der Waals surface area contributed by atoms with Gasteiger partial charge in [-0.1, -0.05) is 19.8 Å². The Balaban J connectivity index is 0.00000576. The number of halogens is 1. The molecule has 0 radical (unpaired) electrons. The van der Waals surface area contributed by atoms with Crippen LogP contribution in [0.15, 0.2) is 29.2 Å². The number of carbonyl (C=O) groups excluding carboxylic acids is 1. The highest BCUT2D eigenvalue weighted by molar-refractivity contribution is 7.89. The van der Waals surface area contributed by atoms with Crippen LogP contribution in [0.2, 0.25) is 0 Å². The third kappa shape index (κ3) is 8.15. The Morgan fingerprint density at radius 3 is 2.44 bits per heavy atom. The number of methoxy groups -OCH3 is 1. The lowest BCUT2D eigenvalue weighted by Gasteiger charge is -2.16. The fraction of sp³-hybridized carbons (Fsp3) is 0.562. The third-order valence-electron chi connectivity index (χ3n) is 3.55. The van der Waals surface area contributed by atoms with Crippen LogP contribution >= 0.6 is 12.4 Å². The molecule has 0 aliphatic carbocycles. The Hall–Kier alpha value is -1.19. The fourth-order valence-electron chi connectivity index (χ4n) is 2.12. The highest BCUT2D eigenvalue weighted by Crippen LogP contribution is 2.11. The molecule has 0 aromatic heterocycles. The molecule has 0 aliphatic heterocycles. The number of amides is 1. The minimum Gasteiger partial charge on any atom is -0.383 e. The van der Waals surface area contributed by atoms with E-state index < -0.39 is 10.0 Å². The molecular formula is C16H28ClN3O4S. The normalized spacial score (nSPS) is 12.3. The molecule has 1 rings (SSSR count). The van der Waals surface area contributed by atoms with E-state index in [0.717, 1.165) is 19.3 Å². The van der Waals surface area contributed by atoms with Crippen molar-refractivity contribution in [2.24, 2.45) is 5.73 Å². The average molecular weight is 394 g/mol. The highest BCUT2D eigenvalue weighted by Gasteiger charge is 2.16. The lowest BCUT2D eigenvalue weighted by molar-refractivity contribution is 0.0935. The van der Waals surface area contributed by atoms with Gasteiger partial charge in [-0.2, -0.15) is 0 Å². The minimum absolute atomic E-state index is 0. The number of rotatable bonds is 11. The van der Waals surface area contributed by atoms with Gasteiger partial charge >= 0.3 is 0 Å². The number of unbranched alkanes of at least 4 members (excludes halogenated alkanes) is 1. The monoisotopic (exact) mass is 393 g/mol. The summed E-state index contributed by atoms with van der Waals surface area (Å²) in [5, 5.41) is 2.87. The molecule has 0 heterocycles. The van der Waals surface area contributed by atoms with Gasteiger partial charge in [0.25, 0.3) is 5.91 Å². The van der Waals surface area contributed by atoms with Gasteiger partial charge in [-0.15, -0.1) is 12.4 Å². The maximum Gasteiger partial charge on any atom is 0.251 e. The Bertz CT molecular complexity index is 608. The smallest absolute Gasteiger partial charge is 0.251 e. The first kappa shape index (κ1) is 23.8. The Kier molecular flexibility index (Phi) is 11.6. The lowest BCUT2D eigenvalue weighted by atomic mass is 10.1. The molecule has 144 valence electrons. The van der Waals surface area contributed by atoms with Gasteiger partial charge in [0.2, 0.25) is 10.0 Å². The second-order valence-electron chi connectivity index (χ2n) is 5.46. The van der Waals surface area contributed by atoms with Crippen LogP contribution in [0.5, 0.6) is 0 Å². The molecule has 9 heteroatoms. The number of benzene rings is 1. The van der Waals surface area contributed by atoms with Gasteiger partial charge in [0.05, 0.1) is 11.5 Å². The number of sulfonamides is 1. The molecule has 7 nitrogen and oxygen atoms in total. The average Bonchev–Trinajstić information content (AvgIpc) is 2.58. The van der Waals surface area contributed by atoms with E-state index in [-0.39, 0.29) is 42.4 Å². The van der Waals surface area contributed by atoms with Gasteiger partial charge in [0.1, 0.15) is 0 Å². The van der Waals surface area contributed by atoms with E-state index in [1.165, 1.54) is 31.4 Å². The van der Waals surface area contributed by atoms with Crippen LogP contribution in [0.1, 0.15) is 36.5 Å². The first-order valence-electron chi connectivity index (χ1n) is 8.04. The lowest BCUT2D eigenvalue weighted by Crippen LogP contribution is -2.40. The second kappa shape index (κ2) is 12.2. The Labute approximate surface area is 156 Å². The van der Waals surface area contributed by atoms with Crippen molar-refractivity contribution in [1.82, 2.24) is 10.0 Å². The standard InChI is InChI=1S/C16H27N3O4S.ClH/c1-3-4-5-14(12-17)19-16(20)13-6-8-15(9-7-13)24(21,22)18-10-11-23-2;/h6-9,14,18H,3-5,10-12,17H2,1-2H3,(H,19,20);1H. The first-order valence-corrected chi connectivity index (χ1v) is 9.52. The molecular weight excluding hydrogens is 366 g/mol. The second-order valence-corrected chi connectivity index (χ2v) is 7.23. The summed E-state index contributed by atoms with van der Waals surface area (Å²) in [6.07, 6.45) is 2.86. The summed E-state index contributed by atoms with van der Waals surface area (Å²) in [5.74, 6) is -0.252. The SMILES string of the molecule is CCCCC(CN)NC(=O)c1ccc(S(=O)(=O)NCCOC)cc1.Cl. The van der Waals surface area contributed by atoms with Crippen LogP contribution in [0.3, 0.4) is 0 Å². The topological polar surface area (TPSA) is 111 Å². The van der Waals surface area contributed by atoms with Crippen LogP contribution in [-0.2, 0) is 14.8 Å². The molecule has 0 fully saturated rings. The fourth-order valence-corrected chi connectivity index (χ4v) is 3.13. The summed E-state index contributed by atoms with van der Waals surface area (Å²) in [6.45, 7) is 2.94. The molecule has 1 amide bonds. The molecule has 25 heavy (non-hydrogen) atoms. The molecule has 0 spiro atoms. The molecule has 0 aliphatic rings. The van der Waals surface area contributed by atoms with Crippen molar-refractivity contribution in [1.29, 1.82) is 0 Å². The van der Waals surface area contributed by atoms with Crippen molar-refractivity contribution >= 4 is 28.3 Å². The van der Waals surface area contributed by atoms with Crippen LogP contribution in [0.25, 0.3) is 0 Å². The van der Waals surface area contributed by atoms with Crippen molar-refractivity contribution in [3.63, 3.8) is 0 Å². The summed E-state index contributed by atoms with van der Waals surface area (Å²) < 4.78 is 31.3. The van der Waals surface area contributed by atoms with Crippen LogP contribution in [0.4, 0.5) is 0 Å². The number of nitrogens with one attached hydrogen (secondary N) is 2. The molecule has 1 unspecified atom stereocenters. The molecule has 0 saturated carbocycles. The zero-order chi connectivity index (χ0) is 18.0. The summed E-state index contributed by atoms with van der Waals surface area (Å²) >= 11 is 0.